The van der Waals surface area contributed by atoms with Crippen molar-refractivity contribution in [3.8, 4) is 0 Å². The Kier molecular flexibility index (Phi) is 7.74. The lowest BCUT2D eigenvalue weighted by atomic mass is 9.79. The minimum atomic E-state index is -4.59. The molecule has 1 aromatic carbocycles. The summed E-state index contributed by atoms with van der Waals surface area (Å²) >= 11 is 0. The number of alkyl halides is 3. The van der Waals surface area contributed by atoms with Crippen molar-refractivity contribution in [1.82, 2.24) is 0 Å². The zero-order valence-corrected chi connectivity index (χ0v) is 17.5. The van der Waals surface area contributed by atoms with Gasteiger partial charge in [0, 0.05) is 38.0 Å². The summed E-state index contributed by atoms with van der Waals surface area (Å²) in [4.78, 5) is 25.6. The number of nitrogens with zero attached hydrogens (tertiary/aromatic N) is 1. The van der Waals surface area contributed by atoms with Crippen molar-refractivity contribution in [3.05, 3.63) is 23.8 Å². The molecule has 1 saturated heterocycles. The number of carbonyl (C=O) groups excluding carboxylic acids is 1. The maximum atomic E-state index is 13.7. The molecule has 0 radical (unpaired) electrons. The van der Waals surface area contributed by atoms with Gasteiger partial charge in [-0.1, -0.05) is 13.8 Å². The minimum Gasteiger partial charge on any atom is -0.481 e. The summed E-state index contributed by atoms with van der Waals surface area (Å²) in [5, 5.41) is 11.9. The second kappa shape index (κ2) is 9.68. The van der Waals surface area contributed by atoms with E-state index in [0.717, 1.165) is 6.07 Å². The molecule has 1 aromatic rings. The molecule has 1 fully saturated rings. The highest BCUT2D eigenvalue weighted by molar-refractivity contribution is 5.94. The standard InChI is InChI=1S/C21H29F3N2O4/c1-4-20(5-2,19(28)29)13-18(27)25-14-6-7-17(16(12-14)21(22,23)24)26-10-8-15(30-3)9-11-26/h6-7,12,15H,4-5,8-11,13H2,1-3H3,(H,25,27)(H,28,29). The van der Waals surface area contributed by atoms with Crippen LogP contribution in [0.2, 0.25) is 0 Å². The summed E-state index contributed by atoms with van der Waals surface area (Å²) < 4.78 is 46.4. The van der Waals surface area contributed by atoms with Crippen molar-refractivity contribution in [2.24, 2.45) is 5.41 Å². The Morgan fingerprint density at radius 2 is 1.80 bits per heavy atom. The van der Waals surface area contributed by atoms with Crippen LogP contribution in [0, 0.1) is 5.41 Å². The molecule has 1 aliphatic heterocycles. The smallest absolute Gasteiger partial charge is 0.418 e. The van der Waals surface area contributed by atoms with E-state index in [0.29, 0.717) is 25.9 Å². The molecule has 0 bridgehead atoms. The number of carboxylic acid groups (broad SMARTS) is 1. The van der Waals surface area contributed by atoms with Gasteiger partial charge in [-0.15, -0.1) is 0 Å². The van der Waals surface area contributed by atoms with Crippen LogP contribution in [0.25, 0.3) is 0 Å². The number of ether oxygens (including phenoxy) is 1. The summed E-state index contributed by atoms with van der Waals surface area (Å²) in [6, 6.07) is 3.69. The second-order valence-corrected chi connectivity index (χ2v) is 7.67. The monoisotopic (exact) mass is 430 g/mol. The lowest BCUT2D eigenvalue weighted by Crippen LogP contribution is -2.37. The third kappa shape index (κ3) is 5.44. The number of hydrogen-bond acceptors (Lipinski definition) is 4. The number of carboxylic acids is 1. The van der Waals surface area contributed by atoms with E-state index in [1.54, 1.807) is 25.9 Å². The first kappa shape index (κ1) is 24.0. The van der Waals surface area contributed by atoms with Crippen LogP contribution in [-0.4, -0.2) is 43.3 Å². The maximum Gasteiger partial charge on any atom is 0.418 e. The highest BCUT2D eigenvalue weighted by atomic mass is 19.4. The third-order valence-corrected chi connectivity index (χ3v) is 6.01. The summed E-state index contributed by atoms with van der Waals surface area (Å²) in [6.07, 6.45) is -3.09. The molecule has 1 aliphatic rings. The van der Waals surface area contributed by atoms with Gasteiger partial charge < -0.3 is 20.1 Å². The Balaban J connectivity index is 2.22. The maximum absolute atomic E-state index is 13.7. The lowest BCUT2D eigenvalue weighted by Gasteiger charge is -2.34. The average molecular weight is 430 g/mol. The fourth-order valence-corrected chi connectivity index (χ4v) is 3.84. The molecule has 9 heteroatoms. The van der Waals surface area contributed by atoms with Gasteiger partial charge in [-0.05, 0) is 43.9 Å². The summed E-state index contributed by atoms with van der Waals surface area (Å²) in [6.45, 7) is 4.24. The van der Waals surface area contributed by atoms with Crippen molar-refractivity contribution in [3.63, 3.8) is 0 Å². The molecule has 2 rings (SSSR count). The number of hydrogen-bond donors (Lipinski definition) is 2. The predicted molar refractivity (Wildman–Crippen MR) is 108 cm³/mol. The number of aliphatic carboxylic acids is 1. The van der Waals surface area contributed by atoms with E-state index in [2.05, 4.69) is 5.32 Å². The molecular formula is C21H29F3N2O4. The van der Waals surface area contributed by atoms with E-state index in [1.807, 2.05) is 0 Å². The van der Waals surface area contributed by atoms with Crippen LogP contribution in [0.3, 0.4) is 0 Å². The normalized spacial score (nSPS) is 15.9. The first-order chi connectivity index (χ1) is 14.1. The molecule has 0 atom stereocenters. The number of amides is 1. The first-order valence-corrected chi connectivity index (χ1v) is 10.1. The molecule has 0 unspecified atom stereocenters. The van der Waals surface area contributed by atoms with Crippen molar-refractivity contribution in [2.75, 3.05) is 30.4 Å². The van der Waals surface area contributed by atoms with E-state index in [4.69, 9.17) is 4.74 Å². The largest absolute Gasteiger partial charge is 0.481 e. The van der Waals surface area contributed by atoms with Crippen LogP contribution in [0.5, 0.6) is 0 Å². The Morgan fingerprint density at radius 1 is 1.20 bits per heavy atom. The minimum absolute atomic E-state index is 0.00523. The number of carbonyl (C=O) groups is 2. The Bertz CT molecular complexity index is 755. The van der Waals surface area contributed by atoms with Crippen LogP contribution >= 0.6 is 0 Å². The molecule has 6 nitrogen and oxygen atoms in total. The Hall–Kier alpha value is -2.29. The van der Waals surface area contributed by atoms with E-state index in [1.165, 1.54) is 12.1 Å². The molecule has 1 heterocycles. The summed E-state index contributed by atoms with van der Waals surface area (Å²) in [7, 11) is 1.59. The second-order valence-electron chi connectivity index (χ2n) is 7.67. The van der Waals surface area contributed by atoms with E-state index < -0.39 is 29.0 Å². The van der Waals surface area contributed by atoms with Gasteiger partial charge in [0.05, 0.1) is 17.1 Å². The lowest BCUT2D eigenvalue weighted by molar-refractivity contribution is -0.151. The number of nitrogens with one attached hydrogen (secondary N) is 1. The highest BCUT2D eigenvalue weighted by Crippen LogP contribution is 2.39. The van der Waals surface area contributed by atoms with Crippen molar-refractivity contribution >= 4 is 23.3 Å². The van der Waals surface area contributed by atoms with Gasteiger partial charge in [0.1, 0.15) is 0 Å². The predicted octanol–water partition coefficient (Wildman–Crippen LogP) is 4.54. The van der Waals surface area contributed by atoms with Crippen LogP contribution in [0.15, 0.2) is 18.2 Å². The molecule has 168 valence electrons. The topological polar surface area (TPSA) is 78.9 Å². The van der Waals surface area contributed by atoms with Crippen molar-refractivity contribution in [2.45, 2.75) is 58.2 Å². The van der Waals surface area contributed by atoms with Crippen LogP contribution in [0.4, 0.5) is 24.5 Å². The SMILES string of the molecule is CCC(CC)(CC(=O)Nc1ccc(N2CCC(OC)CC2)c(C(F)(F)F)c1)C(=O)O. The summed E-state index contributed by atoms with van der Waals surface area (Å²) in [5.41, 5.74) is -2.00. The molecule has 0 aliphatic carbocycles. The quantitative estimate of drug-likeness (QED) is 0.633. The summed E-state index contributed by atoms with van der Waals surface area (Å²) in [5.74, 6) is -1.71. The number of benzene rings is 1. The van der Waals surface area contributed by atoms with Gasteiger partial charge in [0.15, 0.2) is 0 Å². The zero-order chi connectivity index (χ0) is 22.5. The fraction of sp³-hybridized carbons (Fsp3) is 0.619. The average Bonchev–Trinajstić information content (AvgIpc) is 2.71. The van der Waals surface area contributed by atoms with Gasteiger partial charge in [-0.2, -0.15) is 13.2 Å². The Labute approximate surface area is 174 Å². The zero-order valence-electron chi connectivity index (χ0n) is 17.5. The molecule has 0 saturated carbocycles. The molecule has 1 amide bonds. The van der Waals surface area contributed by atoms with E-state index in [-0.39, 0.29) is 36.7 Å². The molecule has 2 N–H and O–H groups in total. The first-order valence-electron chi connectivity index (χ1n) is 10.1. The number of piperidine rings is 1. The number of rotatable bonds is 8. The van der Waals surface area contributed by atoms with Gasteiger partial charge in [0.25, 0.3) is 0 Å². The molecule has 0 aromatic heterocycles. The van der Waals surface area contributed by atoms with Gasteiger partial charge in [-0.25, -0.2) is 0 Å². The van der Waals surface area contributed by atoms with Gasteiger partial charge in [0.2, 0.25) is 5.91 Å². The third-order valence-electron chi connectivity index (χ3n) is 6.01. The molecular weight excluding hydrogens is 401 g/mol. The van der Waals surface area contributed by atoms with Crippen LogP contribution in [-0.2, 0) is 20.5 Å². The highest BCUT2D eigenvalue weighted by Gasteiger charge is 2.38. The van der Waals surface area contributed by atoms with E-state index >= 15 is 0 Å². The molecule has 30 heavy (non-hydrogen) atoms. The number of anilines is 2. The fourth-order valence-electron chi connectivity index (χ4n) is 3.84. The van der Waals surface area contributed by atoms with Gasteiger partial charge in [-0.3, -0.25) is 9.59 Å². The number of methoxy groups -OCH3 is 1. The van der Waals surface area contributed by atoms with Crippen LogP contribution < -0.4 is 10.2 Å². The van der Waals surface area contributed by atoms with Crippen molar-refractivity contribution in [1.29, 1.82) is 0 Å². The van der Waals surface area contributed by atoms with Gasteiger partial charge >= 0.3 is 12.1 Å². The Morgan fingerprint density at radius 3 is 2.27 bits per heavy atom. The van der Waals surface area contributed by atoms with Crippen LogP contribution in [0.1, 0.15) is 51.5 Å². The molecule has 0 spiro atoms. The van der Waals surface area contributed by atoms with Crippen molar-refractivity contribution < 1.29 is 32.6 Å². The number of halogens is 3. The van der Waals surface area contributed by atoms with E-state index in [9.17, 15) is 27.9 Å².